The van der Waals surface area contributed by atoms with Crippen molar-refractivity contribution in [3.8, 4) is 0 Å². The molecule has 0 nitrogen and oxygen atoms in total. The molecule has 0 heterocycles. The van der Waals surface area contributed by atoms with Crippen molar-refractivity contribution in [2.75, 3.05) is 0 Å². The predicted molar refractivity (Wildman–Crippen MR) is 171 cm³/mol. The summed E-state index contributed by atoms with van der Waals surface area (Å²) < 4.78 is 2.49. The summed E-state index contributed by atoms with van der Waals surface area (Å²) in [5.74, 6) is 1.52. The Bertz CT molecular complexity index is 1220. The third-order valence-electron chi connectivity index (χ3n) is 8.53. The van der Waals surface area contributed by atoms with E-state index in [4.69, 9.17) is 0 Å². The van der Waals surface area contributed by atoms with Crippen molar-refractivity contribution >= 4 is 31.9 Å². The van der Waals surface area contributed by atoms with E-state index in [1.165, 1.54) is 56.9 Å². The van der Waals surface area contributed by atoms with Gasteiger partial charge in [-0.25, -0.2) is 0 Å². The van der Waals surface area contributed by atoms with Crippen LogP contribution in [0.2, 0.25) is 0 Å². The second-order valence-electron chi connectivity index (χ2n) is 14.4. The molecule has 0 aliphatic heterocycles. The summed E-state index contributed by atoms with van der Waals surface area (Å²) in [7, 11) is 0. The second kappa shape index (κ2) is 10.9. The number of aryl methyl sites for hydroxylation is 4. The van der Waals surface area contributed by atoms with Gasteiger partial charge in [-0.15, -0.1) is 0 Å². The maximum atomic E-state index is 3.89. The van der Waals surface area contributed by atoms with Gasteiger partial charge in [0.15, 0.2) is 0 Å². The van der Waals surface area contributed by atoms with Crippen LogP contribution in [0.25, 0.3) is 0 Å². The van der Waals surface area contributed by atoms with E-state index in [0.717, 1.165) is 37.5 Å². The molecule has 3 aromatic rings. The SMILES string of the molecule is CC(C)(C)CC1Cc2cc(CCc3cc(Br)c(CCc4ccc5c(c4)CC5CC(C)(C)C)cc3Br)ccc21. The lowest BCUT2D eigenvalue weighted by Gasteiger charge is -2.35. The molecule has 202 valence electrons. The van der Waals surface area contributed by atoms with Crippen molar-refractivity contribution in [3.05, 3.63) is 102 Å². The highest BCUT2D eigenvalue weighted by atomic mass is 79.9. The maximum absolute atomic E-state index is 3.89. The minimum Gasteiger partial charge on any atom is -0.0602 e. The summed E-state index contributed by atoms with van der Waals surface area (Å²) in [4.78, 5) is 0. The number of halogens is 2. The highest BCUT2D eigenvalue weighted by Crippen LogP contribution is 2.44. The van der Waals surface area contributed by atoms with Crippen LogP contribution in [0.1, 0.15) is 111 Å². The molecule has 0 amide bonds. The van der Waals surface area contributed by atoms with E-state index in [2.05, 4.69) is 122 Å². The van der Waals surface area contributed by atoms with Gasteiger partial charge in [0.2, 0.25) is 0 Å². The molecule has 38 heavy (non-hydrogen) atoms. The Hall–Kier alpha value is -1.38. The Morgan fingerprint density at radius 2 is 0.974 bits per heavy atom. The average molecular weight is 637 g/mol. The molecule has 2 aliphatic carbocycles. The predicted octanol–water partition coefficient (Wildman–Crippen LogP) is 10.9. The third kappa shape index (κ3) is 6.67. The highest BCUT2D eigenvalue weighted by molar-refractivity contribution is 9.11. The molecule has 2 atom stereocenters. The van der Waals surface area contributed by atoms with Crippen LogP contribution in [-0.2, 0) is 38.5 Å². The molecule has 0 bridgehead atoms. The lowest BCUT2D eigenvalue weighted by atomic mass is 9.69. The van der Waals surface area contributed by atoms with Crippen molar-refractivity contribution in [1.29, 1.82) is 0 Å². The van der Waals surface area contributed by atoms with Gasteiger partial charge in [-0.1, -0.05) is 110 Å². The lowest BCUT2D eigenvalue weighted by Crippen LogP contribution is -2.22. The molecule has 5 rings (SSSR count). The summed E-state index contributed by atoms with van der Waals surface area (Å²) in [6, 6.07) is 19.1. The third-order valence-corrected chi connectivity index (χ3v) is 10.0. The Kier molecular flexibility index (Phi) is 8.07. The van der Waals surface area contributed by atoms with E-state index in [9.17, 15) is 0 Å². The molecule has 0 radical (unpaired) electrons. The molecule has 0 spiro atoms. The molecule has 0 saturated heterocycles. The Morgan fingerprint density at radius 1 is 0.579 bits per heavy atom. The molecule has 2 aliphatic rings. The van der Waals surface area contributed by atoms with Gasteiger partial charge in [-0.2, -0.15) is 0 Å². The van der Waals surface area contributed by atoms with E-state index in [-0.39, 0.29) is 0 Å². The Labute approximate surface area is 248 Å². The van der Waals surface area contributed by atoms with E-state index in [1.54, 1.807) is 22.3 Å². The van der Waals surface area contributed by atoms with Crippen molar-refractivity contribution < 1.29 is 0 Å². The standard InChI is InChI=1S/C36H44Br2/c1-35(2,3)21-29-17-27-15-23(9-13-31(27)29)7-11-25-19-34(38)26(20-33(25)37)12-8-24-10-14-32-28(16-24)18-30(32)22-36(4,5)6/h9-10,13-16,19-20,29-30H,7-8,11-12,17-18,21-22H2,1-6H3. The largest absolute Gasteiger partial charge is 0.0602 e. The number of hydrogen-bond donors (Lipinski definition) is 0. The van der Waals surface area contributed by atoms with E-state index < -0.39 is 0 Å². The van der Waals surface area contributed by atoms with Crippen LogP contribution in [0.15, 0.2) is 57.5 Å². The first-order valence-corrected chi connectivity index (χ1v) is 16.1. The topological polar surface area (TPSA) is 0 Å². The van der Waals surface area contributed by atoms with Gasteiger partial charge in [-0.05, 0) is 131 Å². The molecule has 0 aromatic heterocycles. The van der Waals surface area contributed by atoms with Crippen LogP contribution in [-0.4, -0.2) is 0 Å². The van der Waals surface area contributed by atoms with E-state index in [0.29, 0.717) is 10.8 Å². The monoisotopic (exact) mass is 634 g/mol. The molecule has 0 fully saturated rings. The van der Waals surface area contributed by atoms with Crippen LogP contribution >= 0.6 is 31.9 Å². The molecule has 2 unspecified atom stereocenters. The first kappa shape index (κ1) is 28.2. The lowest BCUT2D eigenvalue weighted by molar-refractivity contribution is 0.323. The van der Waals surface area contributed by atoms with Crippen LogP contribution in [0.3, 0.4) is 0 Å². The number of benzene rings is 3. The molecule has 2 heteroatoms. The molecule has 3 aromatic carbocycles. The van der Waals surface area contributed by atoms with Crippen molar-refractivity contribution in [2.24, 2.45) is 10.8 Å². The van der Waals surface area contributed by atoms with Gasteiger partial charge in [0.1, 0.15) is 0 Å². The van der Waals surface area contributed by atoms with Gasteiger partial charge < -0.3 is 0 Å². The van der Waals surface area contributed by atoms with Crippen LogP contribution in [0.4, 0.5) is 0 Å². The van der Waals surface area contributed by atoms with Gasteiger partial charge in [0, 0.05) is 8.95 Å². The van der Waals surface area contributed by atoms with Gasteiger partial charge >= 0.3 is 0 Å². The fourth-order valence-corrected chi connectivity index (χ4v) is 7.86. The summed E-state index contributed by atoms with van der Waals surface area (Å²) in [5.41, 5.74) is 12.9. The molecule has 0 saturated carbocycles. The number of rotatable bonds is 8. The molecular formula is C36H44Br2. The molecule has 0 N–H and O–H groups in total. The Balaban J connectivity index is 1.16. The average Bonchev–Trinajstić information content (AvgIpc) is 2.79. The second-order valence-corrected chi connectivity index (χ2v) is 16.1. The van der Waals surface area contributed by atoms with Crippen molar-refractivity contribution in [1.82, 2.24) is 0 Å². The summed E-state index contributed by atoms with van der Waals surface area (Å²) in [5, 5.41) is 0. The van der Waals surface area contributed by atoms with Crippen molar-refractivity contribution in [3.63, 3.8) is 0 Å². The van der Waals surface area contributed by atoms with Crippen LogP contribution in [0, 0.1) is 10.8 Å². The van der Waals surface area contributed by atoms with E-state index in [1.807, 2.05) is 0 Å². The van der Waals surface area contributed by atoms with Crippen molar-refractivity contribution in [2.45, 2.75) is 105 Å². The summed E-state index contributed by atoms with van der Waals surface area (Å²) >= 11 is 7.79. The zero-order valence-electron chi connectivity index (χ0n) is 24.2. The fourth-order valence-electron chi connectivity index (χ4n) is 6.68. The summed E-state index contributed by atoms with van der Waals surface area (Å²) in [6.45, 7) is 14.1. The number of fused-ring (bicyclic) bond motifs is 2. The van der Waals surface area contributed by atoms with Gasteiger partial charge in [0.05, 0.1) is 0 Å². The molecular weight excluding hydrogens is 592 g/mol. The first-order chi connectivity index (χ1) is 17.8. The van der Waals surface area contributed by atoms with E-state index >= 15 is 0 Å². The minimum absolute atomic E-state index is 0.407. The first-order valence-electron chi connectivity index (χ1n) is 14.5. The summed E-state index contributed by atoms with van der Waals surface area (Å²) in [6.07, 6.45) is 9.39. The Morgan fingerprint density at radius 3 is 1.32 bits per heavy atom. The highest BCUT2D eigenvalue weighted by Gasteiger charge is 2.31. The zero-order valence-corrected chi connectivity index (χ0v) is 27.4. The van der Waals surface area contributed by atoms with Crippen LogP contribution in [0.5, 0.6) is 0 Å². The minimum atomic E-state index is 0.407. The van der Waals surface area contributed by atoms with Gasteiger partial charge in [0.25, 0.3) is 0 Å². The zero-order chi connectivity index (χ0) is 27.2. The smallest absolute Gasteiger partial charge is 0.0210 e. The maximum Gasteiger partial charge on any atom is 0.0210 e. The normalized spacial score (nSPS) is 18.4. The quantitative estimate of drug-likeness (QED) is 0.231. The fraction of sp³-hybridized carbons (Fsp3) is 0.500. The number of hydrogen-bond acceptors (Lipinski definition) is 0. The van der Waals surface area contributed by atoms with Crippen LogP contribution < -0.4 is 0 Å². The van der Waals surface area contributed by atoms with Gasteiger partial charge in [-0.3, -0.25) is 0 Å².